The first kappa shape index (κ1) is 8.01. The molecule has 0 unspecified atom stereocenters. The smallest absolute Gasteiger partial charge is 0.257 e. The number of aryl methyl sites for hydroxylation is 1. The largest absolute Gasteiger partial charge is 0.336 e. The second-order valence-electron chi connectivity index (χ2n) is 2.12. The lowest BCUT2D eigenvalue weighted by atomic mass is 10.3. The summed E-state index contributed by atoms with van der Waals surface area (Å²) in [6.07, 6.45) is 1.69. The van der Waals surface area contributed by atoms with Crippen molar-refractivity contribution in [3.8, 4) is 0 Å². The van der Waals surface area contributed by atoms with E-state index in [0.29, 0.717) is 5.71 Å². The lowest BCUT2D eigenvalue weighted by Gasteiger charge is -1.81. The van der Waals surface area contributed by atoms with Crippen molar-refractivity contribution < 1.29 is 4.52 Å². The number of rotatable bonds is 0. The zero-order chi connectivity index (χ0) is 6.97. The molecule has 0 N–H and O–H groups in total. The Hall–Kier alpha value is -1.09. The van der Waals surface area contributed by atoms with E-state index in [2.05, 4.69) is 10.1 Å². The van der Waals surface area contributed by atoms with Crippen molar-refractivity contribution in [2.24, 2.45) is 0 Å². The molecule has 58 valence electrons. The van der Waals surface area contributed by atoms with Crippen molar-refractivity contribution in [2.45, 2.75) is 6.92 Å². The maximum absolute atomic E-state index is 4.89. The lowest BCUT2D eigenvalue weighted by Crippen LogP contribution is -1.70. The molecule has 2 rings (SSSR count). The second-order valence-corrected chi connectivity index (χ2v) is 2.12. The van der Waals surface area contributed by atoms with Crippen LogP contribution in [0.5, 0.6) is 0 Å². The molecule has 3 nitrogen and oxygen atoms in total. The maximum atomic E-state index is 4.89. The van der Waals surface area contributed by atoms with Gasteiger partial charge in [0.1, 0.15) is 0 Å². The van der Waals surface area contributed by atoms with Crippen molar-refractivity contribution in [1.29, 1.82) is 0 Å². The first-order chi connectivity index (χ1) is 4.88. The van der Waals surface area contributed by atoms with Crippen LogP contribution in [0.2, 0.25) is 0 Å². The fraction of sp³-hybridized carbons (Fsp3) is 0.143. The zero-order valence-corrected chi connectivity index (χ0v) is 6.76. The van der Waals surface area contributed by atoms with Crippen LogP contribution in [-0.4, -0.2) is 10.1 Å². The van der Waals surface area contributed by atoms with Gasteiger partial charge < -0.3 is 4.52 Å². The highest BCUT2D eigenvalue weighted by Crippen LogP contribution is 2.12. The summed E-state index contributed by atoms with van der Waals surface area (Å²) in [5.74, 6) is 0. The molecule has 2 heterocycles. The molecule has 2 aromatic heterocycles. The van der Waals surface area contributed by atoms with Gasteiger partial charge in [0.2, 0.25) is 0 Å². The SMILES string of the molecule is Cc1noc2ncccc12.Cl. The van der Waals surface area contributed by atoms with Gasteiger partial charge in [0.05, 0.1) is 11.1 Å². The van der Waals surface area contributed by atoms with Gasteiger partial charge in [-0.05, 0) is 19.1 Å². The van der Waals surface area contributed by atoms with E-state index in [4.69, 9.17) is 4.52 Å². The predicted octanol–water partition coefficient (Wildman–Crippen LogP) is 1.95. The average Bonchev–Trinajstić information content (AvgIpc) is 2.34. The van der Waals surface area contributed by atoms with Gasteiger partial charge in [-0.3, -0.25) is 0 Å². The predicted molar refractivity (Wildman–Crippen MR) is 43.8 cm³/mol. The van der Waals surface area contributed by atoms with Gasteiger partial charge in [-0.1, -0.05) is 5.16 Å². The van der Waals surface area contributed by atoms with E-state index in [1.165, 1.54) is 0 Å². The van der Waals surface area contributed by atoms with Crippen molar-refractivity contribution in [3.05, 3.63) is 24.0 Å². The van der Waals surface area contributed by atoms with Crippen LogP contribution in [0.3, 0.4) is 0 Å². The minimum Gasteiger partial charge on any atom is -0.336 e. The molecule has 0 amide bonds. The number of halogens is 1. The molecular weight excluding hydrogens is 164 g/mol. The van der Waals surface area contributed by atoms with Crippen LogP contribution in [0.15, 0.2) is 22.9 Å². The van der Waals surface area contributed by atoms with Crippen molar-refractivity contribution in [1.82, 2.24) is 10.1 Å². The highest BCUT2D eigenvalue weighted by Gasteiger charge is 2.01. The molecular formula is C7H7ClN2O. The van der Waals surface area contributed by atoms with Gasteiger partial charge in [0, 0.05) is 6.20 Å². The third kappa shape index (κ3) is 1.19. The highest BCUT2D eigenvalue weighted by atomic mass is 35.5. The van der Waals surface area contributed by atoms with E-state index >= 15 is 0 Å². The summed E-state index contributed by atoms with van der Waals surface area (Å²) in [6.45, 7) is 1.90. The van der Waals surface area contributed by atoms with Gasteiger partial charge in [-0.15, -0.1) is 12.4 Å². The summed E-state index contributed by atoms with van der Waals surface area (Å²) in [5, 5.41) is 4.75. The molecule has 11 heavy (non-hydrogen) atoms. The van der Waals surface area contributed by atoms with E-state index in [9.17, 15) is 0 Å². The Morgan fingerprint density at radius 2 is 2.27 bits per heavy atom. The number of hydrogen-bond donors (Lipinski definition) is 0. The fourth-order valence-corrected chi connectivity index (χ4v) is 0.900. The second kappa shape index (κ2) is 2.88. The Kier molecular flexibility index (Phi) is 2.10. The van der Waals surface area contributed by atoms with Crippen LogP contribution in [-0.2, 0) is 0 Å². The standard InChI is InChI=1S/C7H6N2O.ClH/c1-5-6-3-2-4-8-7(6)10-9-5;/h2-4H,1H3;1H. The Morgan fingerprint density at radius 1 is 1.45 bits per heavy atom. The Morgan fingerprint density at radius 3 is 3.00 bits per heavy atom. The Labute approximate surface area is 69.8 Å². The highest BCUT2D eigenvalue weighted by molar-refractivity contribution is 5.85. The van der Waals surface area contributed by atoms with Crippen molar-refractivity contribution in [2.75, 3.05) is 0 Å². The zero-order valence-electron chi connectivity index (χ0n) is 5.94. The van der Waals surface area contributed by atoms with Crippen LogP contribution in [0.4, 0.5) is 0 Å². The number of aromatic nitrogens is 2. The van der Waals surface area contributed by atoms with Gasteiger partial charge >= 0.3 is 0 Å². The molecule has 0 radical (unpaired) electrons. The van der Waals surface area contributed by atoms with Crippen LogP contribution >= 0.6 is 12.4 Å². The molecule has 0 aliphatic heterocycles. The topological polar surface area (TPSA) is 38.9 Å². The van der Waals surface area contributed by atoms with Crippen molar-refractivity contribution in [3.63, 3.8) is 0 Å². The first-order valence-corrected chi connectivity index (χ1v) is 3.05. The quantitative estimate of drug-likeness (QED) is 0.607. The number of hydrogen-bond acceptors (Lipinski definition) is 3. The fourth-order valence-electron chi connectivity index (χ4n) is 0.900. The van der Waals surface area contributed by atoms with E-state index in [1.807, 2.05) is 19.1 Å². The monoisotopic (exact) mass is 170 g/mol. The van der Waals surface area contributed by atoms with Crippen LogP contribution in [0, 0.1) is 6.92 Å². The van der Waals surface area contributed by atoms with E-state index in [0.717, 1.165) is 11.1 Å². The summed E-state index contributed by atoms with van der Waals surface area (Å²) in [5.41, 5.74) is 1.50. The molecule has 0 bridgehead atoms. The molecule has 0 saturated heterocycles. The number of nitrogens with zero attached hydrogens (tertiary/aromatic N) is 2. The number of fused-ring (bicyclic) bond motifs is 1. The summed E-state index contributed by atoms with van der Waals surface area (Å²) in [6, 6.07) is 3.81. The summed E-state index contributed by atoms with van der Waals surface area (Å²) in [7, 11) is 0. The first-order valence-electron chi connectivity index (χ1n) is 3.05. The molecule has 0 fully saturated rings. The Balaban J connectivity index is 0.000000605. The lowest BCUT2D eigenvalue weighted by molar-refractivity contribution is 0.443. The molecule has 0 saturated carbocycles. The summed E-state index contributed by atoms with van der Waals surface area (Å²) < 4.78 is 4.89. The molecule has 0 aliphatic carbocycles. The average molecular weight is 171 g/mol. The molecule has 0 spiro atoms. The van der Waals surface area contributed by atoms with E-state index in [-0.39, 0.29) is 12.4 Å². The minimum absolute atomic E-state index is 0. The Bertz CT molecular complexity index is 358. The van der Waals surface area contributed by atoms with E-state index < -0.39 is 0 Å². The summed E-state index contributed by atoms with van der Waals surface area (Å²) in [4.78, 5) is 3.97. The van der Waals surface area contributed by atoms with Gasteiger partial charge in [0.25, 0.3) is 5.71 Å². The normalized spacial score (nSPS) is 9.55. The molecule has 2 aromatic rings. The van der Waals surface area contributed by atoms with Crippen LogP contribution in [0.1, 0.15) is 5.69 Å². The molecule has 4 heteroatoms. The summed E-state index contributed by atoms with van der Waals surface area (Å²) >= 11 is 0. The van der Waals surface area contributed by atoms with Gasteiger partial charge in [-0.2, -0.15) is 0 Å². The van der Waals surface area contributed by atoms with Crippen LogP contribution < -0.4 is 0 Å². The van der Waals surface area contributed by atoms with Gasteiger partial charge in [-0.25, -0.2) is 4.98 Å². The van der Waals surface area contributed by atoms with Crippen molar-refractivity contribution >= 4 is 23.5 Å². The third-order valence-electron chi connectivity index (χ3n) is 1.43. The van der Waals surface area contributed by atoms with E-state index in [1.54, 1.807) is 6.20 Å². The molecule has 0 aromatic carbocycles. The third-order valence-corrected chi connectivity index (χ3v) is 1.43. The van der Waals surface area contributed by atoms with Gasteiger partial charge in [0.15, 0.2) is 0 Å². The number of pyridine rings is 1. The molecule has 0 atom stereocenters. The van der Waals surface area contributed by atoms with Crippen LogP contribution in [0.25, 0.3) is 11.1 Å². The maximum Gasteiger partial charge on any atom is 0.257 e. The minimum atomic E-state index is 0. The molecule has 0 aliphatic rings.